The number of benzene rings is 1. The van der Waals surface area contributed by atoms with Crippen molar-refractivity contribution in [2.24, 2.45) is 5.92 Å². The molecule has 1 aromatic rings. The molecule has 2 fully saturated rings. The number of piperidine rings is 1. The van der Waals surface area contributed by atoms with Gasteiger partial charge in [0.25, 0.3) is 0 Å². The van der Waals surface area contributed by atoms with Crippen LogP contribution >= 0.6 is 0 Å². The number of amides is 1. The number of hydrogen-bond acceptors (Lipinski definition) is 4. The van der Waals surface area contributed by atoms with E-state index < -0.39 is 0 Å². The van der Waals surface area contributed by atoms with Crippen LogP contribution in [0.15, 0.2) is 18.2 Å². The lowest BCUT2D eigenvalue weighted by atomic mass is 9.97. The van der Waals surface area contributed by atoms with Crippen LogP contribution in [0.2, 0.25) is 0 Å². The first-order valence-electron chi connectivity index (χ1n) is 9.52. The van der Waals surface area contributed by atoms with Gasteiger partial charge in [-0.25, -0.2) is 0 Å². The average Bonchev–Trinajstić information content (AvgIpc) is 3.15. The highest BCUT2D eigenvalue weighted by atomic mass is 16.5. The third-order valence-electron chi connectivity index (χ3n) is 5.41. The summed E-state index contributed by atoms with van der Waals surface area (Å²) >= 11 is 0. The van der Waals surface area contributed by atoms with Gasteiger partial charge in [0.1, 0.15) is 5.75 Å². The molecule has 5 nitrogen and oxygen atoms in total. The molecule has 2 N–H and O–H groups in total. The molecule has 2 aliphatic heterocycles. The minimum atomic E-state index is 0.0296. The molecule has 2 heterocycles. The maximum atomic E-state index is 12.2. The largest absolute Gasteiger partial charge is 0.496 e. The van der Waals surface area contributed by atoms with Gasteiger partial charge < -0.3 is 15.4 Å². The summed E-state index contributed by atoms with van der Waals surface area (Å²) in [5.74, 6) is 1.68. The highest BCUT2D eigenvalue weighted by Crippen LogP contribution is 2.22. The van der Waals surface area contributed by atoms with E-state index in [1.165, 1.54) is 24.0 Å². The quantitative estimate of drug-likeness (QED) is 0.829. The van der Waals surface area contributed by atoms with Gasteiger partial charge in [-0.15, -0.1) is 0 Å². The summed E-state index contributed by atoms with van der Waals surface area (Å²) in [7, 11) is 1.71. The molecule has 2 saturated heterocycles. The molecular weight excluding hydrogens is 314 g/mol. The number of nitrogens with zero attached hydrogens (tertiary/aromatic N) is 1. The standard InChI is InChI=1S/C20H31N3O2/c1-15-11-16(7-8-19(15)25-2)13-23-10-4-5-17(14-23)12-22-20(24)18-6-3-9-21-18/h7-8,11,17-18,21H,3-6,9-10,12-14H2,1-2H3,(H,22,24). The second-order valence-electron chi connectivity index (χ2n) is 7.44. The van der Waals surface area contributed by atoms with Gasteiger partial charge in [0, 0.05) is 19.6 Å². The first kappa shape index (κ1) is 18.2. The second kappa shape index (κ2) is 8.68. The van der Waals surface area contributed by atoms with Gasteiger partial charge in [0.2, 0.25) is 5.91 Å². The van der Waals surface area contributed by atoms with Gasteiger partial charge >= 0.3 is 0 Å². The topological polar surface area (TPSA) is 53.6 Å². The van der Waals surface area contributed by atoms with Crippen molar-refractivity contribution < 1.29 is 9.53 Å². The zero-order chi connectivity index (χ0) is 17.6. The summed E-state index contributed by atoms with van der Waals surface area (Å²) < 4.78 is 5.34. The van der Waals surface area contributed by atoms with Crippen molar-refractivity contribution >= 4 is 5.91 Å². The molecule has 2 unspecified atom stereocenters. The summed E-state index contributed by atoms with van der Waals surface area (Å²) in [4.78, 5) is 14.7. The normalized spacial score (nSPS) is 24.2. The third kappa shape index (κ3) is 4.95. The molecule has 3 rings (SSSR count). The Hall–Kier alpha value is -1.59. The van der Waals surface area contributed by atoms with Crippen LogP contribution in [-0.2, 0) is 11.3 Å². The zero-order valence-electron chi connectivity index (χ0n) is 15.5. The number of carbonyl (C=O) groups excluding carboxylic acids is 1. The molecule has 0 radical (unpaired) electrons. The Labute approximate surface area is 151 Å². The molecule has 0 spiro atoms. The monoisotopic (exact) mass is 345 g/mol. The first-order valence-corrected chi connectivity index (χ1v) is 9.52. The van der Waals surface area contributed by atoms with E-state index in [1.54, 1.807) is 7.11 Å². The van der Waals surface area contributed by atoms with E-state index in [1.807, 2.05) is 0 Å². The Morgan fingerprint density at radius 3 is 2.96 bits per heavy atom. The van der Waals surface area contributed by atoms with E-state index in [-0.39, 0.29) is 11.9 Å². The van der Waals surface area contributed by atoms with E-state index in [0.717, 1.165) is 51.3 Å². The molecule has 0 aromatic heterocycles. The molecule has 5 heteroatoms. The summed E-state index contributed by atoms with van der Waals surface area (Å²) in [6.45, 7) is 7.03. The van der Waals surface area contributed by atoms with Crippen molar-refractivity contribution in [3.63, 3.8) is 0 Å². The van der Waals surface area contributed by atoms with E-state index in [4.69, 9.17) is 4.74 Å². The molecule has 1 amide bonds. The maximum absolute atomic E-state index is 12.2. The molecule has 0 aliphatic carbocycles. The summed E-state index contributed by atoms with van der Waals surface area (Å²) in [6, 6.07) is 6.46. The van der Waals surface area contributed by atoms with Crippen LogP contribution in [0.4, 0.5) is 0 Å². The SMILES string of the molecule is COc1ccc(CN2CCCC(CNC(=O)C3CCCN3)C2)cc1C. The van der Waals surface area contributed by atoms with Crippen LogP contribution in [0.5, 0.6) is 5.75 Å². The minimum Gasteiger partial charge on any atom is -0.496 e. The van der Waals surface area contributed by atoms with Gasteiger partial charge in [-0.05, 0) is 68.8 Å². The third-order valence-corrected chi connectivity index (χ3v) is 5.41. The number of aryl methyl sites for hydroxylation is 1. The lowest BCUT2D eigenvalue weighted by molar-refractivity contribution is -0.123. The molecular formula is C20H31N3O2. The van der Waals surface area contributed by atoms with Crippen LogP contribution in [-0.4, -0.2) is 50.1 Å². The fourth-order valence-electron chi connectivity index (χ4n) is 4.04. The molecule has 2 aliphatic rings. The second-order valence-corrected chi connectivity index (χ2v) is 7.44. The van der Waals surface area contributed by atoms with Gasteiger partial charge in [-0.3, -0.25) is 9.69 Å². The van der Waals surface area contributed by atoms with Crippen molar-refractivity contribution in [3.8, 4) is 5.75 Å². The lowest BCUT2D eigenvalue weighted by Gasteiger charge is -2.33. The van der Waals surface area contributed by atoms with Crippen LogP contribution < -0.4 is 15.4 Å². The molecule has 138 valence electrons. The first-order chi connectivity index (χ1) is 12.2. The van der Waals surface area contributed by atoms with Gasteiger partial charge in [-0.1, -0.05) is 12.1 Å². The summed E-state index contributed by atoms with van der Waals surface area (Å²) in [6.07, 6.45) is 4.49. The number of methoxy groups -OCH3 is 1. The van der Waals surface area contributed by atoms with E-state index in [9.17, 15) is 4.79 Å². The summed E-state index contributed by atoms with van der Waals surface area (Å²) in [5, 5.41) is 6.43. The lowest BCUT2D eigenvalue weighted by Crippen LogP contribution is -2.45. The van der Waals surface area contributed by atoms with Crippen LogP contribution in [0.1, 0.15) is 36.8 Å². The number of carbonyl (C=O) groups is 1. The predicted molar refractivity (Wildman–Crippen MR) is 99.8 cm³/mol. The molecule has 2 atom stereocenters. The minimum absolute atomic E-state index is 0.0296. The van der Waals surface area contributed by atoms with Gasteiger partial charge in [0.05, 0.1) is 13.2 Å². The zero-order valence-corrected chi connectivity index (χ0v) is 15.5. The Morgan fingerprint density at radius 1 is 1.36 bits per heavy atom. The van der Waals surface area contributed by atoms with E-state index in [2.05, 4.69) is 40.7 Å². The number of rotatable bonds is 6. The highest BCUT2D eigenvalue weighted by Gasteiger charge is 2.24. The Kier molecular flexibility index (Phi) is 6.32. The van der Waals surface area contributed by atoms with Crippen molar-refractivity contribution in [3.05, 3.63) is 29.3 Å². The molecule has 1 aromatic carbocycles. The van der Waals surface area contributed by atoms with Crippen molar-refractivity contribution in [2.45, 2.75) is 45.2 Å². The maximum Gasteiger partial charge on any atom is 0.237 e. The van der Waals surface area contributed by atoms with Crippen molar-refractivity contribution in [1.82, 2.24) is 15.5 Å². The number of ether oxygens (including phenoxy) is 1. The molecule has 25 heavy (non-hydrogen) atoms. The molecule has 0 bridgehead atoms. The number of likely N-dealkylation sites (tertiary alicyclic amines) is 1. The predicted octanol–water partition coefficient (Wildman–Crippen LogP) is 2.08. The Morgan fingerprint density at radius 2 is 2.24 bits per heavy atom. The van der Waals surface area contributed by atoms with Crippen LogP contribution in [0.3, 0.4) is 0 Å². The van der Waals surface area contributed by atoms with E-state index >= 15 is 0 Å². The van der Waals surface area contributed by atoms with Crippen molar-refractivity contribution in [1.29, 1.82) is 0 Å². The Bertz CT molecular complexity index is 584. The number of nitrogens with one attached hydrogen (secondary N) is 2. The van der Waals surface area contributed by atoms with E-state index in [0.29, 0.717) is 5.92 Å². The van der Waals surface area contributed by atoms with Gasteiger partial charge in [-0.2, -0.15) is 0 Å². The van der Waals surface area contributed by atoms with Crippen LogP contribution in [0, 0.1) is 12.8 Å². The highest BCUT2D eigenvalue weighted by molar-refractivity contribution is 5.81. The average molecular weight is 345 g/mol. The van der Waals surface area contributed by atoms with Crippen molar-refractivity contribution in [2.75, 3.05) is 33.3 Å². The van der Waals surface area contributed by atoms with Gasteiger partial charge in [0.15, 0.2) is 0 Å². The molecule has 0 saturated carbocycles. The van der Waals surface area contributed by atoms with Crippen LogP contribution in [0.25, 0.3) is 0 Å². The summed E-state index contributed by atoms with van der Waals surface area (Å²) in [5.41, 5.74) is 2.52. The Balaban J connectivity index is 1.47. The fraction of sp³-hybridized carbons (Fsp3) is 0.650. The number of hydrogen-bond donors (Lipinski definition) is 2. The smallest absolute Gasteiger partial charge is 0.237 e. The fourth-order valence-corrected chi connectivity index (χ4v) is 4.04.